The smallest absolute Gasteiger partial charge is 0.166 e. The lowest BCUT2D eigenvalue weighted by atomic mass is 10.2. The van der Waals surface area contributed by atoms with E-state index in [0.29, 0.717) is 22.4 Å². The zero-order valence-corrected chi connectivity index (χ0v) is 14.8. The Bertz CT molecular complexity index is 1070. The van der Waals surface area contributed by atoms with Gasteiger partial charge in [0.1, 0.15) is 17.6 Å². The third-order valence-corrected chi connectivity index (χ3v) is 4.74. The van der Waals surface area contributed by atoms with Gasteiger partial charge >= 0.3 is 0 Å². The molecule has 7 nitrogen and oxygen atoms in total. The van der Waals surface area contributed by atoms with Crippen molar-refractivity contribution >= 4 is 22.6 Å². The van der Waals surface area contributed by atoms with Gasteiger partial charge in [-0.25, -0.2) is 9.97 Å². The second kappa shape index (κ2) is 5.72. The Morgan fingerprint density at radius 1 is 1.32 bits per heavy atom. The molecule has 0 fully saturated rings. The van der Waals surface area contributed by atoms with Crippen molar-refractivity contribution in [1.82, 2.24) is 29.3 Å². The molecule has 4 rings (SSSR count). The van der Waals surface area contributed by atoms with Crippen LogP contribution in [-0.2, 0) is 7.05 Å². The van der Waals surface area contributed by atoms with Crippen LogP contribution in [0.4, 0.5) is 0 Å². The molecule has 0 aliphatic heterocycles. The van der Waals surface area contributed by atoms with Crippen molar-refractivity contribution in [3.8, 4) is 17.2 Å². The molecule has 0 radical (unpaired) electrons. The third-order valence-electron chi connectivity index (χ3n) is 4.28. The summed E-state index contributed by atoms with van der Waals surface area (Å²) < 4.78 is 3.81. The van der Waals surface area contributed by atoms with Crippen LogP contribution in [0.5, 0.6) is 0 Å². The second-order valence-electron chi connectivity index (χ2n) is 6.01. The molecule has 8 heteroatoms. The fourth-order valence-corrected chi connectivity index (χ4v) is 3.15. The Morgan fingerprint density at radius 2 is 2.12 bits per heavy atom. The van der Waals surface area contributed by atoms with Crippen LogP contribution >= 0.6 is 11.6 Å². The van der Waals surface area contributed by atoms with Crippen LogP contribution in [0.25, 0.3) is 28.2 Å². The molecule has 25 heavy (non-hydrogen) atoms. The van der Waals surface area contributed by atoms with E-state index in [-0.39, 0.29) is 0 Å². The molecule has 0 saturated carbocycles. The topological polar surface area (TPSA) is 84.6 Å². The number of nitrogens with one attached hydrogen (secondary N) is 1. The molecule has 0 aliphatic carbocycles. The molecule has 1 unspecified atom stereocenters. The first-order valence-corrected chi connectivity index (χ1v) is 8.24. The summed E-state index contributed by atoms with van der Waals surface area (Å²) in [6.45, 7) is 3.57. The Hall–Kier alpha value is -2.64. The van der Waals surface area contributed by atoms with E-state index in [1.807, 2.05) is 47.5 Å². The standard InChI is InChI=1S/C17H17ClN6O/c1-9-14(18)15(22-21-9)17-19-6-7-24(17)11-4-5-13-12(8-11)20-16(10(2)25)23(13)3/h4-8,10,25H,1-3H3,(H,21,22). The highest BCUT2D eigenvalue weighted by molar-refractivity contribution is 6.33. The number of imidazole rings is 2. The Balaban J connectivity index is 1.86. The molecule has 3 aromatic heterocycles. The van der Waals surface area contributed by atoms with Crippen molar-refractivity contribution in [1.29, 1.82) is 0 Å². The fourth-order valence-electron chi connectivity index (χ4n) is 2.98. The van der Waals surface area contributed by atoms with Gasteiger partial charge in [0.25, 0.3) is 0 Å². The molecule has 0 bridgehead atoms. The highest BCUT2D eigenvalue weighted by atomic mass is 35.5. The third kappa shape index (κ3) is 2.43. The maximum Gasteiger partial charge on any atom is 0.166 e. The summed E-state index contributed by atoms with van der Waals surface area (Å²) in [7, 11) is 1.89. The van der Waals surface area contributed by atoms with E-state index in [9.17, 15) is 5.11 Å². The Morgan fingerprint density at radius 3 is 2.80 bits per heavy atom. The van der Waals surface area contributed by atoms with E-state index >= 15 is 0 Å². The number of aromatic nitrogens is 6. The first-order chi connectivity index (χ1) is 12.0. The van der Waals surface area contributed by atoms with Crippen molar-refractivity contribution in [3.05, 3.63) is 47.1 Å². The second-order valence-corrected chi connectivity index (χ2v) is 6.39. The lowest BCUT2D eigenvalue weighted by Gasteiger charge is -2.07. The van der Waals surface area contributed by atoms with Crippen molar-refractivity contribution < 1.29 is 5.11 Å². The van der Waals surface area contributed by atoms with E-state index < -0.39 is 6.10 Å². The number of hydrogen-bond acceptors (Lipinski definition) is 4. The number of aliphatic hydroxyl groups is 1. The van der Waals surface area contributed by atoms with Crippen molar-refractivity contribution in [2.75, 3.05) is 0 Å². The summed E-state index contributed by atoms with van der Waals surface area (Å²) in [5, 5.41) is 17.6. The number of fused-ring (bicyclic) bond motifs is 1. The van der Waals surface area contributed by atoms with Crippen molar-refractivity contribution in [3.63, 3.8) is 0 Å². The monoisotopic (exact) mass is 356 g/mol. The largest absolute Gasteiger partial charge is 0.385 e. The molecular weight excluding hydrogens is 340 g/mol. The van der Waals surface area contributed by atoms with Gasteiger partial charge in [-0.15, -0.1) is 0 Å². The van der Waals surface area contributed by atoms with Crippen LogP contribution in [0.1, 0.15) is 24.5 Å². The molecule has 1 aromatic carbocycles. The lowest BCUT2D eigenvalue weighted by molar-refractivity contribution is 0.186. The number of benzene rings is 1. The summed E-state index contributed by atoms with van der Waals surface area (Å²) >= 11 is 6.32. The van der Waals surface area contributed by atoms with Gasteiger partial charge in [0.15, 0.2) is 5.82 Å². The van der Waals surface area contributed by atoms with Crippen LogP contribution in [-0.4, -0.2) is 34.4 Å². The van der Waals surface area contributed by atoms with Crippen LogP contribution in [0.2, 0.25) is 5.02 Å². The quantitative estimate of drug-likeness (QED) is 0.590. The molecule has 2 N–H and O–H groups in total. The van der Waals surface area contributed by atoms with Gasteiger partial charge in [0.05, 0.1) is 21.7 Å². The number of aromatic amines is 1. The first-order valence-electron chi connectivity index (χ1n) is 7.86. The maximum absolute atomic E-state index is 9.86. The van der Waals surface area contributed by atoms with Gasteiger partial charge in [0, 0.05) is 25.1 Å². The maximum atomic E-state index is 9.86. The molecule has 1 atom stereocenters. The van der Waals surface area contributed by atoms with Gasteiger partial charge in [-0.05, 0) is 32.0 Å². The predicted octanol–water partition coefficient (Wildman–Crippen LogP) is 3.16. The summed E-state index contributed by atoms with van der Waals surface area (Å²) in [6, 6.07) is 5.92. The molecule has 0 aliphatic rings. The molecular formula is C17H17ClN6O. The van der Waals surface area contributed by atoms with E-state index in [0.717, 1.165) is 22.4 Å². The predicted molar refractivity (Wildman–Crippen MR) is 95.8 cm³/mol. The molecule has 4 aromatic rings. The minimum absolute atomic E-state index is 0.558. The van der Waals surface area contributed by atoms with Crippen LogP contribution in [0.3, 0.4) is 0 Å². The Kier molecular flexibility index (Phi) is 3.63. The zero-order valence-electron chi connectivity index (χ0n) is 14.0. The average molecular weight is 357 g/mol. The SMILES string of the molecule is Cc1[nH]nc(-c2nccn2-c2ccc3c(c2)nc(C(C)O)n3C)c1Cl. The van der Waals surface area contributed by atoms with Gasteiger partial charge in [-0.3, -0.25) is 9.67 Å². The van der Waals surface area contributed by atoms with Crippen molar-refractivity contribution in [2.24, 2.45) is 7.05 Å². The molecule has 128 valence electrons. The van der Waals surface area contributed by atoms with Crippen LogP contribution < -0.4 is 0 Å². The van der Waals surface area contributed by atoms with Crippen LogP contribution in [0.15, 0.2) is 30.6 Å². The van der Waals surface area contributed by atoms with E-state index in [4.69, 9.17) is 11.6 Å². The highest BCUT2D eigenvalue weighted by Gasteiger charge is 2.17. The lowest BCUT2D eigenvalue weighted by Crippen LogP contribution is -2.01. The Labute approximate surface area is 148 Å². The first kappa shape index (κ1) is 15.9. The van der Waals surface area contributed by atoms with Crippen molar-refractivity contribution in [2.45, 2.75) is 20.0 Å². The van der Waals surface area contributed by atoms with Gasteiger partial charge in [-0.2, -0.15) is 5.10 Å². The summed E-state index contributed by atoms with van der Waals surface area (Å²) in [5.41, 5.74) is 4.06. The summed E-state index contributed by atoms with van der Waals surface area (Å²) in [4.78, 5) is 8.94. The van der Waals surface area contributed by atoms with E-state index in [2.05, 4.69) is 20.2 Å². The molecule has 0 spiro atoms. The van der Waals surface area contributed by atoms with Gasteiger partial charge in [0.2, 0.25) is 0 Å². The van der Waals surface area contributed by atoms with Crippen LogP contribution in [0, 0.1) is 6.92 Å². The number of hydrogen-bond donors (Lipinski definition) is 2. The minimum Gasteiger partial charge on any atom is -0.385 e. The highest BCUT2D eigenvalue weighted by Crippen LogP contribution is 2.29. The zero-order chi connectivity index (χ0) is 17.7. The van der Waals surface area contributed by atoms with E-state index in [1.54, 1.807) is 13.1 Å². The van der Waals surface area contributed by atoms with Gasteiger partial charge in [-0.1, -0.05) is 11.6 Å². The van der Waals surface area contributed by atoms with E-state index in [1.165, 1.54) is 0 Å². The average Bonchev–Trinajstić information content (AvgIpc) is 3.27. The normalized spacial score (nSPS) is 12.8. The number of aliphatic hydroxyl groups excluding tert-OH is 1. The number of nitrogens with zero attached hydrogens (tertiary/aromatic N) is 5. The molecule has 0 amide bonds. The summed E-state index contributed by atoms with van der Waals surface area (Å²) in [5.74, 6) is 1.28. The number of H-pyrrole nitrogens is 1. The molecule has 3 heterocycles. The number of aryl methyl sites for hydroxylation is 2. The van der Waals surface area contributed by atoms with Gasteiger partial charge < -0.3 is 9.67 Å². The minimum atomic E-state index is -0.629. The summed E-state index contributed by atoms with van der Waals surface area (Å²) in [6.07, 6.45) is 2.94. The fraction of sp³-hybridized carbons (Fsp3) is 0.235. The molecule has 0 saturated heterocycles. The number of halogens is 1. The number of rotatable bonds is 3.